The number of hydrogen-bond acceptors (Lipinski definition) is 3. The molecule has 0 heterocycles. The van der Waals surface area contributed by atoms with Crippen molar-refractivity contribution in [1.29, 1.82) is 0 Å². The summed E-state index contributed by atoms with van der Waals surface area (Å²) in [5.74, 6) is 0. The highest BCUT2D eigenvalue weighted by Crippen LogP contribution is 2.25. The Kier molecular flexibility index (Phi) is 57.3. The Bertz CT molecular complexity index is 699. The van der Waals surface area contributed by atoms with Crippen molar-refractivity contribution in [2.24, 2.45) is 0 Å². The first-order chi connectivity index (χ1) is 29.8. The number of hydrogen-bond donors (Lipinski definition) is 0. The molecule has 0 bridgehead atoms. The summed E-state index contributed by atoms with van der Waals surface area (Å²) < 4.78 is 23.0. The molecule has 0 aromatic heterocycles. The average Bonchev–Trinajstić information content (AvgIpc) is 3.25. The first-order valence-electron chi connectivity index (χ1n) is 28.6. The Morgan fingerprint density at radius 1 is 0.200 bits per heavy atom. The molecule has 0 saturated heterocycles. The maximum absolute atomic E-state index is 12.1. The zero-order chi connectivity index (χ0) is 43.2. The summed E-state index contributed by atoms with van der Waals surface area (Å²) >= 11 is 0. The second-order valence-electron chi connectivity index (χ2n) is 19.6. The molecule has 0 unspecified atom stereocenters. The summed E-state index contributed by atoms with van der Waals surface area (Å²) in [5.41, 5.74) is 0. The highest BCUT2D eigenvalue weighted by Gasteiger charge is 2.02. The Labute approximate surface area is 381 Å². The molecule has 0 aliphatic rings. The van der Waals surface area contributed by atoms with Crippen molar-refractivity contribution in [3.8, 4) is 0 Å². The van der Waals surface area contributed by atoms with Gasteiger partial charge in [0.15, 0.2) is 0 Å². The highest BCUT2D eigenvalue weighted by molar-refractivity contribution is 7.33. The van der Waals surface area contributed by atoms with Gasteiger partial charge in [-0.3, -0.25) is 4.57 Å². The fourth-order valence-corrected chi connectivity index (χ4v) is 9.89. The Morgan fingerprint density at radius 2 is 0.317 bits per heavy atom. The first kappa shape index (κ1) is 60.2. The third-order valence-corrected chi connectivity index (χ3v) is 14.3. The first-order valence-corrected chi connectivity index (χ1v) is 29.8. The van der Waals surface area contributed by atoms with E-state index >= 15 is 0 Å². The van der Waals surface area contributed by atoms with Crippen LogP contribution in [-0.4, -0.2) is 13.2 Å². The van der Waals surface area contributed by atoms with Gasteiger partial charge in [0.05, 0.1) is 13.2 Å². The standard InChI is InChI=1S/C56H115O3P/c1-3-5-7-9-11-13-15-17-19-21-23-25-27-29-31-33-35-37-39-41-43-45-47-49-51-53-55-58-60(57)59-56-54-52-50-48-46-44-42-40-38-36-34-32-30-28-26-24-22-20-18-16-14-12-10-8-6-4-2/h60H,3-56H2,1-2H3. The lowest BCUT2D eigenvalue weighted by atomic mass is 10.0. The minimum atomic E-state index is -2.30. The Morgan fingerprint density at radius 3 is 0.450 bits per heavy atom. The van der Waals surface area contributed by atoms with E-state index in [-0.39, 0.29) is 0 Å². The van der Waals surface area contributed by atoms with Crippen molar-refractivity contribution < 1.29 is 13.6 Å². The predicted octanol–water partition coefficient (Wildman–Crippen LogP) is 21.7. The fraction of sp³-hybridized carbons (Fsp3) is 1.00. The lowest BCUT2D eigenvalue weighted by Gasteiger charge is -2.06. The van der Waals surface area contributed by atoms with E-state index < -0.39 is 8.25 Å². The van der Waals surface area contributed by atoms with Crippen LogP contribution in [0.1, 0.15) is 348 Å². The lowest BCUT2D eigenvalue weighted by Crippen LogP contribution is -1.92. The van der Waals surface area contributed by atoms with Gasteiger partial charge in [0.1, 0.15) is 0 Å². The molecule has 60 heavy (non-hydrogen) atoms. The third-order valence-electron chi connectivity index (χ3n) is 13.4. The molecule has 362 valence electrons. The van der Waals surface area contributed by atoms with Gasteiger partial charge in [0.2, 0.25) is 0 Å². The van der Waals surface area contributed by atoms with Crippen LogP contribution < -0.4 is 0 Å². The average molecular weight is 868 g/mol. The number of rotatable bonds is 56. The Balaban J connectivity index is 3.14. The molecule has 0 radical (unpaired) electrons. The molecule has 0 aliphatic heterocycles. The van der Waals surface area contributed by atoms with E-state index in [1.165, 1.54) is 321 Å². The van der Waals surface area contributed by atoms with E-state index in [1.54, 1.807) is 0 Å². The largest absolute Gasteiger partial charge is 0.319 e. The molecule has 0 spiro atoms. The second kappa shape index (κ2) is 57.2. The summed E-state index contributed by atoms with van der Waals surface area (Å²) in [6.45, 7) is 5.80. The monoisotopic (exact) mass is 867 g/mol. The van der Waals surface area contributed by atoms with Crippen molar-refractivity contribution in [2.75, 3.05) is 13.2 Å². The van der Waals surface area contributed by atoms with E-state index in [2.05, 4.69) is 13.8 Å². The quantitative estimate of drug-likeness (QED) is 0.0451. The molecular formula is C56H115O3P. The van der Waals surface area contributed by atoms with Crippen LogP contribution in [0.5, 0.6) is 0 Å². The van der Waals surface area contributed by atoms with Crippen molar-refractivity contribution in [3.05, 3.63) is 0 Å². The lowest BCUT2D eigenvalue weighted by molar-refractivity contribution is 0.218. The van der Waals surface area contributed by atoms with E-state index in [9.17, 15) is 4.57 Å². The predicted molar refractivity (Wildman–Crippen MR) is 272 cm³/mol. The van der Waals surface area contributed by atoms with Gasteiger partial charge in [0, 0.05) is 0 Å². The molecule has 0 atom stereocenters. The molecule has 0 amide bonds. The van der Waals surface area contributed by atoms with E-state index in [0.29, 0.717) is 13.2 Å². The van der Waals surface area contributed by atoms with Gasteiger partial charge in [-0.25, -0.2) is 0 Å². The van der Waals surface area contributed by atoms with Crippen LogP contribution in [0.4, 0.5) is 0 Å². The molecule has 0 rings (SSSR count). The summed E-state index contributed by atoms with van der Waals surface area (Å²) in [6.07, 6.45) is 73.4. The van der Waals surface area contributed by atoms with Crippen LogP contribution >= 0.6 is 8.25 Å². The van der Waals surface area contributed by atoms with Gasteiger partial charge in [-0.15, -0.1) is 0 Å². The molecule has 3 nitrogen and oxygen atoms in total. The smallest absolute Gasteiger partial charge is 0.311 e. The minimum Gasteiger partial charge on any atom is -0.311 e. The van der Waals surface area contributed by atoms with Gasteiger partial charge >= 0.3 is 8.25 Å². The van der Waals surface area contributed by atoms with Crippen LogP contribution in [0.2, 0.25) is 0 Å². The van der Waals surface area contributed by atoms with Crippen molar-refractivity contribution in [2.45, 2.75) is 348 Å². The van der Waals surface area contributed by atoms with Gasteiger partial charge < -0.3 is 9.05 Å². The maximum Gasteiger partial charge on any atom is 0.319 e. The summed E-state index contributed by atoms with van der Waals surface area (Å²) in [6, 6.07) is 0. The summed E-state index contributed by atoms with van der Waals surface area (Å²) in [4.78, 5) is 0. The van der Waals surface area contributed by atoms with Gasteiger partial charge in [-0.1, -0.05) is 335 Å². The van der Waals surface area contributed by atoms with E-state index in [0.717, 1.165) is 12.8 Å². The zero-order valence-electron chi connectivity index (χ0n) is 41.9. The molecule has 0 aliphatic carbocycles. The van der Waals surface area contributed by atoms with Gasteiger partial charge in [0.25, 0.3) is 0 Å². The van der Waals surface area contributed by atoms with Gasteiger partial charge in [-0.2, -0.15) is 0 Å². The summed E-state index contributed by atoms with van der Waals surface area (Å²) in [7, 11) is -2.30. The molecule has 0 saturated carbocycles. The number of unbranched alkanes of at least 4 members (excludes halogenated alkanes) is 50. The highest BCUT2D eigenvalue weighted by atomic mass is 31.1. The molecule has 0 aromatic carbocycles. The van der Waals surface area contributed by atoms with Crippen LogP contribution in [0, 0.1) is 0 Å². The van der Waals surface area contributed by atoms with Crippen LogP contribution in [-0.2, 0) is 13.6 Å². The normalized spacial score (nSPS) is 11.8. The van der Waals surface area contributed by atoms with Gasteiger partial charge in [-0.05, 0) is 12.8 Å². The van der Waals surface area contributed by atoms with E-state index in [1.807, 2.05) is 0 Å². The molecule has 0 aromatic rings. The summed E-state index contributed by atoms with van der Waals surface area (Å²) in [5, 5.41) is 0. The fourth-order valence-electron chi connectivity index (χ4n) is 9.19. The van der Waals surface area contributed by atoms with Crippen LogP contribution in [0.15, 0.2) is 0 Å². The van der Waals surface area contributed by atoms with Crippen LogP contribution in [0.3, 0.4) is 0 Å². The SMILES string of the molecule is CCCCCCCCCCCCCCCCCCCCCCCCCCCCO[PH](=O)OCCCCCCCCCCCCCCCCCCCCCCCCCCCC. The topological polar surface area (TPSA) is 35.5 Å². The zero-order valence-corrected chi connectivity index (χ0v) is 42.9. The molecule has 0 N–H and O–H groups in total. The van der Waals surface area contributed by atoms with E-state index in [4.69, 9.17) is 9.05 Å². The van der Waals surface area contributed by atoms with Crippen molar-refractivity contribution >= 4 is 8.25 Å². The molecular weight excluding hydrogens is 752 g/mol. The van der Waals surface area contributed by atoms with Crippen molar-refractivity contribution in [3.63, 3.8) is 0 Å². The van der Waals surface area contributed by atoms with Crippen molar-refractivity contribution in [1.82, 2.24) is 0 Å². The molecule has 4 heteroatoms. The molecule has 0 fully saturated rings. The second-order valence-corrected chi connectivity index (χ2v) is 20.7. The minimum absolute atomic E-state index is 0.594. The third kappa shape index (κ3) is 56.2. The maximum atomic E-state index is 12.1. The Hall–Kier alpha value is 0.150. The van der Waals surface area contributed by atoms with Crippen LogP contribution in [0.25, 0.3) is 0 Å².